The maximum absolute atomic E-state index is 12.5. The molecule has 0 aliphatic carbocycles. The summed E-state index contributed by atoms with van der Waals surface area (Å²) >= 11 is 0. The molecular weight excluding hydrogens is 342 g/mol. The third-order valence-electron chi connectivity index (χ3n) is 5.33. The number of hydrogen-bond donors (Lipinski definition) is 1. The van der Waals surface area contributed by atoms with E-state index in [1.807, 2.05) is 43.3 Å². The minimum atomic E-state index is -0.0326. The number of hydrogen-bond acceptors (Lipinski definition) is 4. The van der Waals surface area contributed by atoms with Gasteiger partial charge in [-0.05, 0) is 62.7 Å². The van der Waals surface area contributed by atoms with Gasteiger partial charge in [-0.3, -0.25) is 4.90 Å². The number of furan rings is 1. The summed E-state index contributed by atoms with van der Waals surface area (Å²) in [5.41, 5.74) is 1.17. The molecule has 1 atom stereocenters. The van der Waals surface area contributed by atoms with Gasteiger partial charge >= 0.3 is 6.03 Å². The molecule has 2 fully saturated rings. The number of urea groups is 1. The minimum absolute atomic E-state index is 0.0326. The van der Waals surface area contributed by atoms with Gasteiger partial charge < -0.3 is 19.4 Å². The van der Waals surface area contributed by atoms with Crippen molar-refractivity contribution in [3.8, 4) is 5.75 Å². The van der Waals surface area contributed by atoms with E-state index in [0.717, 1.165) is 24.6 Å². The molecular formula is C21H27N3O3. The first-order chi connectivity index (χ1) is 13.2. The van der Waals surface area contributed by atoms with E-state index in [9.17, 15) is 4.79 Å². The van der Waals surface area contributed by atoms with E-state index in [1.54, 1.807) is 11.2 Å². The quantitative estimate of drug-likeness (QED) is 0.850. The Morgan fingerprint density at radius 3 is 2.78 bits per heavy atom. The second-order valence-corrected chi connectivity index (χ2v) is 7.42. The fourth-order valence-corrected chi connectivity index (χ4v) is 3.80. The number of carbonyl (C=O) groups is 1. The molecule has 1 aromatic heterocycles. The van der Waals surface area contributed by atoms with Gasteiger partial charge in [0.25, 0.3) is 0 Å². The van der Waals surface area contributed by atoms with Crippen LogP contribution in [0.5, 0.6) is 5.75 Å². The Kier molecular flexibility index (Phi) is 5.34. The molecule has 2 saturated heterocycles. The van der Waals surface area contributed by atoms with Gasteiger partial charge in [-0.15, -0.1) is 0 Å². The molecule has 27 heavy (non-hydrogen) atoms. The summed E-state index contributed by atoms with van der Waals surface area (Å²) in [6.45, 7) is 5.95. The highest BCUT2D eigenvalue weighted by atomic mass is 16.5. The first kappa shape index (κ1) is 17.9. The van der Waals surface area contributed by atoms with E-state index in [-0.39, 0.29) is 18.2 Å². The number of nitrogens with zero attached hydrogens (tertiary/aromatic N) is 2. The molecule has 2 aromatic rings. The van der Waals surface area contributed by atoms with Crippen LogP contribution in [-0.4, -0.2) is 54.7 Å². The van der Waals surface area contributed by atoms with Gasteiger partial charge in [0, 0.05) is 6.54 Å². The summed E-state index contributed by atoms with van der Waals surface area (Å²) in [5.74, 6) is 1.79. The number of rotatable bonds is 6. The SMILES string of the molecule is Cc1cccc(OC2CN(C(=O)NC[C@H](c3ccco3)N3CCCC3)C2)c1. The second kappa shape index (κ2) is 8.05. The molecule has 0 saturated carbocycles. The highest BCUT2D eigenvalue weighted by Crippen LogP contribution is 2.25. The molecule has 0 radical (unpaired) electrons. The highest BCUT2D eigenvalue weighted by molar-refractivity contribution is 5.75. The lowest BCUT2D eigenvalue weighted by Gasteiger charge is -2.39. The number of benzene rings is 1. The summed E-state index contributed by atoms with van der Waals surface area (Å²) in [5, 5.41) is 3.07. The van der Waals surface area contributed by atoms with Crippen LogP contribution in [-0.2, 0) is 0 Å². The van der Waals surface area contributed by atoms with Gasteiger partial charge in [0.2, 0.25) is 0 Å². The Bertz CT molecular complexity index is 750. The van der Waals surface area contributed by atoms with Gasteiger partial charge in [-0.1, -0.05) is 12.1 Å². The summed E-state index contributed by atoms with van der Waals surface area (Å²) in [7, 11) is 0. The molecule has 2 aliphatic rings. The zero-order valence-electron chi connectivity index (χ0n) is 15.8. The molecule has 0 spiro atoms. The average molecular weight is 369 g/mol. The molecule has 2 aliphatic heterocycles. The van der Waals surface area contributed by atoms with E-state index >= 15 is 0 Å². The standard InChI is InChI=1S/C21H27N3O3/c1-16-6-4-7-17(12-16)27-18-14-24(15-18)21(25)22-13-19(20-8-5-11-26-20)23-9-2-3-10-23/h4-8,11-12,18-19H,2-3,9-10,13-15H2,1H3,(H,22,25)/t19-/m1/s1. The summed E-state index contributed by atoms with van der Waals surface area (Å²) < 4.78 is 11.5. The van der Waals surface area contributed by atoms with E-state index in [4.69, 9.17) is 9.15 Å². The molecule has 0 bridgehead atoms. The van der Waals surface area contributed by atoms with Crippen molar-refractivity contribution in [3.05, 3.63) is 54.0 Å². The highest BCUT2D eigenvalue weighted by Gasteiger charge is 2.33. The monoisotopic (exact) mass is 369 g/mol. The maximum atomic E-state index is 12.5. The van der Waals surface area contributed by atoms with Crippen LogP contribution >= 0.6 is 0 Å². The van der Waals surface area contributed by atoms with Crippen molar-refractivity contribution in [2.75, 3.05) is 32.7 Å². The van der Waals surface area contributed by atoms with Crippen LogP contribution in [0.4, 0.5) is 4.79 Å². The molecule has 0 unspecified atom stereocenters. The van der Waals surface area contributed by atoms with Crippen LogP contribution in [0.3, 0.4) is 0 Å². The number of likely N-dealkylation sites (tertiary alicyclic amines) is 2. The average Bonchev–Trinajstić information content (AvgIpc) is 3.32. The smallest absolute Gasteiger partial charge is 0.317 e. The molecule has 1 N–H and O–H groups in total. The maximum Gasteiger partial charge on any atom is 0.317 e. The van der Waals surface area contributed by atoms with E-state index < -0.39 is 0 Å². The molecule has 144 valence electrons. The zero-order valence-corrected chi connectivity index (χ0v) is 15.8. The molecule has 1 aromatic carbocycles. The molecule has 4 rings (SSSR count). The van der Waals surface area contributed by atoms with Crippen molar-refractivity contribution in [3.63, 3.8) is 0 Å². The Labute approximate surface area is 160 Å². The third kappa shape index (κ3) is 4.27. The molecule has 2 amide bonds. The fourth-order valence-electron chi connectivity index (χ4n) is 3.80. The topological polar surface area (TPSA) is 58.0 Å². The van der Waals surface area contributed by atoms with Crippen molar-refractivity contribution in [2.45, 2.75) is 31.9 Å². The van der Waals surface area contributed by atoms with Gasteiger partial charge in [-0.25, -0.2) is 4.79 Å². The van der Waals surface area contributed by atoms with Crippen LogP contribution in [0.2, 0.25) is 0 Å². The molecule has 6 nitrogen and oxygen atoms in total. The van der Waals surface area contributed by atoms with Gasteiger partial charge in [0.05, 0.1) is 25.4 Å². The van der Waals surface area contributed by atoms with Crippen molar-refractivity contribution in [2.24, 2.45) is 0 Å². The van der Waals surface area contributed by atoms with Crippen LogP contribution < -0.4 is 10.1 Å². The Balaban J connectivity index is 1.26. The predicted molar refractivity (Wildman–Crippen MR) is 103 cm³/mol. The Morgan fingerprint density at radius 1 is 1.26 bits per heavy atom. The third-order valence-corrected chi connectivity index (χ3v) is 5.33. The van der Waals surface area contributed by atoms with E-state index in [1.165, 1.54) is 18.4 Å². The fraction of sp³-hybridized carbons (Fsp3) is 0.476. The normalized spacial score (nSPS) is 18.9. The summed E-state index contributed by atoms with van der Waals surface area (Å²) in [6, 6.07) is 12.0. The number of amides is 2. The van der Waals surface area contributed by atoms with Crippen LogP contribution in [0, 0.1) is 6.92 Å². The lowest BCUT2D eigenvalue weighted by Crippen LogP contribution is -2.59. The van der Waals surface area contributed by atoms with Crippen LogP contribution in [0.15, 0.2) is 47.1 Å². The second-order valence-electron chi connectivity index (χ2n) is 7.42. The Morgan fingerprint density at radius 2 is 2.07 bits per heavy atom. The van der Waals surface area contributed by atoms with Gasteiger partial charge in [0.1, 0.15) is 17.6 Å². The molecule has 3 heterocycles. The first-order valence-corrected chi connectivity index (χ1v) is 9.72. The lowest BCUT2D eigenvalue weighted by atomic mass is 10.1. The van der Waals surface area contributed by atoms with Crippen LogP contribution in [0.1, 0.15) is 30.2 Å². The number of nitrogens with one attached hydrogen (secondary N) is 1. The minimum Gasteiger partial charge on any atom is -0.487 e. The lowest BCUT2D eigenvalue weighted by molar-refractivity contribution is 0.0436. The van der Waals surface area contributed by atoms with Gasteiger partial charge in [-0.2, -0.15) is 0 Å². The van der Waals surface area contributed by atoms with E-state index in [0.29, 0.717) is 19.6 Å². The van der Waals surface area contributed by atoms with Crippen LogP contribution in [0.25, 0.3) is 0 Å². The van der Waals surface area contributed by atoms with Gasteiger partial charge in [0.15, 0.2) is 0 Å². The number of ether oxygens (including phenoxy) is 1. The largest absolute Gasteiger partial charge is 0.487 e. The zero-order chi connectivity index (χ0) is 18.6. The summed E-state index contributed by atoms with van der Waals surface area (Å²) in [6.07, 6.45) is 4.17. The predicted octanol–water partition coefficient (Wildman–Crippen LogP) is 3.20. The Hall–Kier alpha value is -2.47. The van der Waals surface area contributed by atoms with E-state index in [2.05, 4.69) is 10.2 Å². The summed E-state index contributed by atoms with van der Waals surface area (Å²) in [4.78, 5) is 16.7. The first-order valence-electron chi connectivity index (χ1n) is 9.72. The molecule has 6 heteroatoms. The van der Waals surface area contributed by atoms with Crippen molar-refractivity contribution >= 4 is 6.03 Å². The number of carbonyl (C=O) groups excluding carboxylic acids is 1. The van der Waals surface area contributed by atoms with Crippen molar-refractivity contribution < 1.29 is 13.9 Å². The number of aryl methyl sites for hydroxylation is 1. The van der Waals surface area contributed by atoms with Crippen molar-refractivity contribution in [1.82, 2.24) is 15.1 Å². The van der Waals surface area contributed by atoms with Crippen molar-refractivity contribution in [1.29, 1.82) is 0 Å².